The fourth-order valence-electron chi connectivity index (χ4n) is 0.918. The fraction of sp³-hybridized carbons (Fsp3) is 0.750. The minimum atomic E-state index is -1.10. The van der Waals surface area contributed by atoms with E-state index >= 15 is 0 Å². The molecule has 0 rings (SSSR count). The molecule has 0 aromatic heterocycles. The summed E-state index contributed by atoms with van der Waals surface area (Å²) < 4.78 is 4.20. The third kappa shape index (κ3) is 4.87. The molecule has 0 amide bonds. The van der Waals surface area contributed by atoms with Crippen LogP contribution in [0.4, 0.5) is 4.79 Å². The molecule has 0 aliphatic heterocycles. The topological polar surface area (TPSA) is 89.6 Å². The van der Waals surface area contributed by atoms with Crippen LogP contribution in [0.15, 0.2) is 0 Å². The van der Waals surface area contributed by atoms with E-state index in [9.17, 15) is 14.7 Å². The average Bonchev–Trinajstić information content (AvgIpc) is 2.11. The Balaban J connectivity index is 4.04. The van der Waals surface area contributed by atoms with Gasteiger partial charge in [0.1, 0.15) is 12.7 Å². The van der Waals surface area contributed by atoms with Gasteiger partial charge >= 0.3 is 3.98 Å². The summed E-state index contributed by atoms with van der Waals surface area (Å²) in [4.78, 5) is 21.3. The molecule has 6 heteroatoms. The third-order valence-corrected chi connectivity index (χ3v) is 2.29. The summed E-state index contributed by atoms with van der Waals surface area (Å²) in [7, 11) is 0. The van der Waals surface area contributed by atoms with Crippen molar-refractivity contribution in [3.63, 3.8) is 0 Å². The summed E-state index contributed by atoms with van der Waals surface area (Å²) in [5, 5.41) is 9.36. The number of rotatable bonds is 5. The lowest BCUT2D eigenvalue weighted by Crippen LogP contribution is -2.42. The minimum absolute atomic E-state index is 0.00722. The molecule has 2 unspecified atom stereocenters. The van der Waals surface area contributed by atoms with Crippen molar-refractivity contribution in [2.24, 2.45) is 11.7 Å². The van der Waals surface area contributed by atoms with Crippen LogP contribution in [0.2, 0.25) is 0 Å². The first-order valence-corrected chi connectivity index (χ1v) is 5.20. The number of carbonyl (C=O) groups is 2. The Morgan fingerprint density at radius 1 is 1.57 bits per heavy atom. The van der Waals surface area contributed by atoms with Crippen LogP contribution >= 0.6 is 22.6 Å². The first kappa shape index (κ1) is 13.8. The van der Waals surface area contributed by atoms with E-state index in [1.165, 1.54) is 29.5 Å². The van der Waals surface area contributed by atoms with E-state index in [0.717, 1.165) is 0 Å². The molecule has 0 aliphatic rings. The Morgan fingerprint density at radius 3 is 2.43 bits per heavy atom. The molecule has 0 fully saturated rings. The van der Waals surface area contributed by atoms with Gasteiger partial charge in [0.05, 0.1) is 22.6 Å². The van der Waals surface area contributed by atoms with E-state index in [1.807, 2.05) is 0 Å². The van der Waals surface area contributed by atoms with Crippen molar-refractivity contribution >= 4 is 32.4 Å². The molecule has 0 aromatic carbocycles. The van der Waals surface area contributed by atoms with Gasteiger partial charge in [-0.15, -0.1) is 0 Å². The summed E-state index contributed by atoms with van der Waals surface area (Å²) in [6, 6.07) is -0.535. The molecular formula is C8H14INO4. The molecule has 82 valence electrons. The molecular weight excluding hydrogens is 301 g/mol. The molecule has 14 heavy (non-hydrogen) atoms. The highest BCUT2D eigenvalue weighted by molar-refractivity contribution is 14.1. The van der Waals surface area contributed by atoms with Crippen molar-refractivity contribution in [1.29, 1.82) is 0 Å². The Bertz CT molecular complexity index is 221. The van der Waals surface area contributed by atoms with Gasteiger partial charge in [0.25, 0.3) is 0 Å². The second-order valence-corrected chi connectivity index (χ2v) is 4.01. The van der Waals surface area contributed by atoms with Crippen LogP contribution in [0.3, 0.4) is 0 Å². The van der Waals surface area contributed by atoms with Gasteiger partial charge in [-0.3, -0.25) is 4.79 Å². The van der Waals surface area contributed by atoms with E-state index in [0.29, 0.717) is 0 Å². The van der Waals surface area contributed by atoms with Gasteiger partial charge < -0.3 is 15.6 Å². The maximum atomic E-state index is 10.8. The number of halogens is 1. The molecule has 0 aliphatic carbocycles. The highest BCUT2D eigenvalue weighted by atomic mass is 127. The fourth-order valence-corrected chi connectivity index (χ4v) is 1.10. The van der Waals surface area contributed by atoms with E-state index in [-0.39, 0.29) is 12.4 Å². The molecule has 3 N–H and O–H groups in total. The van der Waals surface area contributed by atoms with Gasteiger partial charge in [0.15, 0.2) is 5.78 Å². The molecule has 0 radical (unpaired) electrons. The average molecular weight is 315 g/mol. The predicted molar refractivity (Wildman–Crippen MR) is 59.2 cm³/mol. The van der Waals surface area contributed by atoms with E-state index in [4.69, 9.17) is 5.73 Å². The molecule has 0 spiro atoms. The van der Waals surface area contributed by atoms with Gasteiger partial charge in [-0.2, -0.15) is 0 Å². The first-order valence-electron chi connectivity index (χ1n) is 4.12. The molecule has 5 nitrogen and oxygen atoms in total. The summed E-state index contributed by atoms with van der Waals surface area (Å²) in [5.41, 5.74) is 5.61. The zero-order chi connectivity index (χ0) is 11.3. The Hall–Kier alpha value is -0.210. The number of aliphatic hydroxyl groups excluding tert-OH is 1. The summed E-state index contributed by atoms with van der Waals surface area (Å²) in [6.45, 7) is 2.93. The number of ether oxygens (including phenoxy) is 1. The van der Waals surface area contributed by atoms with Crippen LogP contribution < -0.4 is 5.73 Å². The van der Waals surface area contributed by atoms with E-state index < -0.39 is 22.0 Å². The minimum Gasteiger partial charge on any atom is -0.457 e. The summed E-state index contributed by atoms with van der Waals surface area (Å²) in [6.07, 6.45) is -1.10. The maximum Gasteiger partial charge on any atom is 0.367 e. The molecule has 3 atom stereocenters. The maximum absolute atomic E-state index is 10.8. The largest absolute Gasteiger partial charge is 0.457 e. The number of aliphatic hydroxyl groups is 1. The first-order chi connectivity index (χ1) is 6.36. The summed E-state index contributed by atoms with van der Waals surface area (Å²) in [5.74, 6) is -0.767. The number of ketones is 1. The molecule has 0 saturated carbocycles. The van der Waals surface area contributed by atoms with E-state index in [1.54, 1.807) is 6.92 Å². The van der Waals surface area contributed by atoms with Crippen LogP contribution in [0, 0.1) is 5.92 Å². The highest BCUT2D eigenvalue weighted by Crippen LogP contribution is 2.09. The van der Waals surface area contributed by atoms with Crippen molar-refractivity contribution in [2.45, 2.75) is 26.0 Å². The molecule has 0 heterocycles. The normalized spacial score (nSPS) is 16.9. The predicted octanol–water partition coefficient (Wildman–Crippen LogP) is 0.471. The van der Waals surface area contributed by atoms with Crippen LogP contribution in [0.5, 0.6) is 0 Å². The molecule has 0 bridgehead atoms. The Kier molecular flexibility index (Phi) is 6.21. The van der Waals surface area contributed by atoms with Crippen molar-refractivity contribution in [1.82, 2.24) is 0 Å². The quantitative estimate of drug-likeness (QED) is 0.569. The number of hydrogen-bond donors (Lipinski definition) is 2. The summed E-state index contributed by atoms with van der Waals surface area (Å²) >= 11 is 1.48. The number of Topliss-reactive ketones (excluding diaryl/α,β-unsaturated/α-hetero) is 1. The van der Waals surface area contributed by atoms with Gasteiger partial charge in [-0.05, 0) is 6.92 Å². The number of carbonyl (C=O) groups excluding carboxylic acids is 2. The Morgan fingerprint density at radius 2 is 2.07 bits per heavy atom. The Labute approximate surface area is 96.1 Å². The SMILES string of the molecule is CC(=O)C(O)C(C)[C@@H](N)COC(=O)I. The molecule has 0 aromatic rings. The highest BCUT2D eigenvalue weighted by Gasteiger charge is 2.25. The van der Waals surface area contributed by atoms with Crippen LogP contribution in [-0.2, 0) is 9.53 Å². The number of nitrogens with two attached hydrogens (primary N) is 1. The number of hydrogen-bond acceptors (Lipinski definition) is 5. The van der Waals surface area contributed by atoms with Crippen molar-refractivity contribution < 1.29 is 19.4 Å². The lowest BCUT2D eigenvalue weighted by molar-refractivity contribution is -0.127. The van der Waals surface area contributed by atoms with Gasteiger partial charge in [0.2, 0.25) is 0 Å². The monoisotopic (exact) mass is 315 g/mol. The van der Waals surface area contributed by atoms with E-state index in [2.05, 4.69) is 4.74 Å². The standard InChI is InChI=1S/C8H14INO4/c1-4(7(12)5(2)11)6(10)3-14-8(9)13/h4,6-7,12H,3,10H2,1-2H3/t4?,6-,7?/m0/s1. The van der Waals surface area contributed by atoms with Crippen molar-refractivity contribution in [3.05, 3.63) is 0 Å². The van der Waals surface area contributed by atoms with Gasteiger partial charge in [-0.1, -0.05) is 6.92 Å². The zero-order valence-electron chi connectivity index (χ0n) is 8.07. The van der Waals surface area contributed by atoms with Crippen LogP contribution in [0.1, 0.15) is 13.8 Å². The van der Waals surface area contributed by atoms with Gasteiger partial charge in [-0.25, -0.2) is 4.79 Å². The zero-order valence-corrected chi connectivity index (χ0v) is 10.2. The van der Waals surface area contributed by atoms with Crippen molar-refractivity contribution in [2.75, 3.05) is 6.61 Å². The second-order valence-electron chi connectivity index (χ2n) is 3.13. The lowest BCUT2D eigenvalue weighted by Gasteiger charge is -2.22. The molecule has 0 saturated heterocycles. The van der Waals surface area contributed by atoms with Crippen LogP contribution in [0.25, 0.3) is 0 Å². The lowest BCUT2D eigenvalue weighted by atomic mass is 9.94. The van der Waals surface area contributed by atoms with Crippen molar-refractivity contribution in [3.8, 4) is 0 Å². The van der Waals surface area contributed by atoms with Crippen LogP contribution in [-0.4, -0.2) is 33.6 Å². The third-order valence-electron chi connectivity index (χ3n) is 1.98. The van der Waals surface area contributed by atoms with Gasteiger partial charge in [0, 0.05) is 12.0 Å². The second kappa shape index (κ2) is 6.31. The smallest absolute Gasteiger partial charge is 0.367 e.